The maximum atomic E-state index is 2.78. The number of fused-ring (bicyclic) bond motifs is 2. The Hall–Kier alpha value is -0.820. The van der Waals surface area contributed by atoms with Crippen LogP contribution in [0.4, 0.5) is 0 Å². The lowest BCUT2D eigenvalue weighted by molar-refractivity contribution is 0.0947. The molecule has 0 aromatic heterocycles. The van der Waals surface area contributed by atoms with Crippen molar-refractivity contribution in [1.29, 1.82) is 0 Å². The molecule has 2 saturated heterocycles. The fourth-order valence-electron chi connectivity index (χ4n) is 3.77. The van der Waals surface area contributed by atoms with Gasteiger partial charge in [-0.15, -0.1) is 0 Å². The number of piperidine rings is 1. The van der Waals surface area contributed by atoms with Gasteiger partial charge in [-0.25, -0.2) is 0 Å². The molecule has 2 atom stereocenters. The first-order valence-corrected chi connectivity index (χ1v) is 7.16. The van der Waals surface area contributed by atoms with Crippen molar-refractivity contribution in [3.8, 4) is 0 Å². The number of nitrogens with zero attached hydrogens (tertiary/aromatic N) is 1. The highest BCUT2D eigenvalue weighted by molar-refractivity contribution is 5.15. The number of rotatable bonds is 3. The molecule has 92 valence electrons. The topological polar surface area (TPSA) is 3.24 Å². The average molecular weight is 229 g/mol. The Labute approximate surface area is 105 Å². The highest BCUT2D eigenvalue weighted by atomic mass is 15.2. The summed E-state index contributed by atoms with van der Waals surface area (Å²) in [6, 6.07) is 12.7. The van der Waals surface area contributed by atoms with Crippen LogP contribution in [-0.2, 0) is 6.54 Å². The Bertz CT molecular complexity index is 345. The molecule has 0 aliphatic carbocycles. The van der Waals surface area contributed by atoms with Gasteiger partial charge in [0.05, 0.1) is 0 Å². The van der Waals surface area contributed by atoms with Crippen LogP contribution >= 0.6 is 0 Å². The van der Waals surface area contributed by atoms with E-state index in [2.05, 4.69) is 42.2 Å². The summed E-state index contributed by atoms with van der Waals surface area (Å²) < 4.78 is 0. The van der Waals surface area contributed by atoms with Crippen molar-refractivity contribution < 1.29 is 0 Å². The molecule has 0 amide bonds. The summed E-state index contributed by atoms with van der Waals surface area (Å²) in [5.41, 5.74) is 1.49. The summed E-state index contributed by atoms with van der Waals surface area (Å²) in [4.78, 5) is 2.78. The van der Waals surface area contributed by atoms with Gasteiger partial charge in [0, 0.05) is 18.6 Å². The number of benzene rings is 1. The Morgan fingerprint density at radius 2 is 1.71 bits per heavy atom. The first-order valence-electron chi connectivity index (χ1n) is 7.16. The molecule has 1 heteroatoms. The molecular weight excluding hydrogens is 206 g/mol. The van der Waals surface area contributed by atoms with Crippen molar-refractivity contribution in [2.45, 2.75) is 57.7 Å². The summed E-state index contributed by atoms with van der Waals surface area (Å²) in [6.45, 7) is 3.53. The smallest absolute Gasteiger partial charge is 0.0239 e. The molecule has 0 radical (unpaired) electrons. The van der Waals surface area contributed by atoms with Gasteiger partial charge in [0.25, 0.3) is 0 Å². The SMILES string of the molecule is CCC1CC2CCC(C1)N2Cc1ccccc1. The Morgan fingerprint density at radius 1 is 1.06 bits per heavy atom. The Kier molecular flexibility index (Phi) is 3.19. The van der Waals surface area contributed by atoms with Gasteiger partial charge in [-0.2, -0.15) is 0 Å². The maximum Gasteiger partial charge on any atom is 0.0239 e. The number of hydrogen-bond donors (Lipinski definition) is 0. The Morgan fingerprint density at radius 3 is 2.29 bits per heavy atom. The molecule has 2 fully saturated rings. The largest absolute Gasteiger partial charge is 0.293 e. The van der Waals surface area contributed by atoms with Crippen molar-refractivity contribution >= 4 is 0 Å². The van der Waals surface area contributed by atoms with Crippen molar-refractivity contribution in [2.24, 2.45) is 5.92 Å². The summed E-state index contributed by atoms with van der Waals surface area (Å²) in [5.74, 6) is 1.000. The molecule has 1 aromatic rings. The van der Waals surface area contributed by atoms with Gasteiger partial charge in [0.2, 0.25) is 0 Å². The highest BCUT2D eigenvalue weighted by Gasteiger charge is 2.39. The molecule has 2 aliphatic heterocycles. The molecule has 0 saturated carbocycles. The second-order valence-electron chi connectivity index (χ2n) is 5.79. The lowest BCUT2D eigenvalue weighted by atomic mass is 9.88. The molecule has 0 spiro atoms. The number of hydrogen-bond acceptors (Lipinski definition) is 1. The van der Waals surface area contributed by atoms with E-state index in [1.165, 1.54) is 44.2 Å². The minimum Gasteiger partial charge on any atom is -0.293 e. The first-order chi connectivity index (χ1) is 8.36. The molecule has 1 nitrogen and oxygen atoms in total. The zero-order chi connectivity index (χ0) is 11.7. The first kappa shape index (κ1) is 11.3. The van der Waals surface area contributed by atoms with Crippen LogP contribution in [0.3, 0.4) is 0 Å². The predicted molar refractivity (Wildman–Crippen MR) is 71.8 cm³/mol. The standard InChI is InChI=1S/C16H23N/c1-2-13-10-15-8-9-16(11-13)17(15)12-14-6-4-3-5-7-14/h3-7,13,15-16H,2,8-12H2,1H3. The minimum atomic E-state index is 0.874. The molecule has 2 aliphatic rings. The van der Waals surface area contributed by atoms with Gasteiger partial charge in [-0.3, -0.25) is 4.90 Å². The van der Waals surface area contributed by atoms with Gasteiger partial charge >= 0.3 is 0 Å². The summed E-state index contributed by atoms with van der Waals surface area (Å²) in [6.07, 6.45) is 7.15. The second-order valence-corrected chi connectivity index (χ2v) is 5.79. The van der Waals surface area contributed by atoms with E-state index >= 15 is 0 Å². The summed E-state index contributed by atoms with van der Waals surface area (Å²) in [7, 11) is 0. The van der Waals surface area contributed by atoms with Crippen LogP contribution in [0.15, 0.2) is 30.3 Å². The summed E-state index contributed by atoms with van der Waals surface area (Å²) >= 11 is 0. The van der Waals surface area contributed by atoms with E-state index in [9.17, 15) is 0 Å². The normalized spacial score (nSPS) is 32.9. The van der Waals surface area contributed by atoms with Gasteiger partial charge in [-0.05, 0) is 37.2 Å². The van der Waals surface area contributed by atoms with Gasteiger partial charge in [0.1, 0.15) is 0 Å². The van der Waals surface area contributed by atoms with Gasteiger partial charge in [-0.1, -0.05) is 43.7 Å². The zero-order valence-electron chi connectivity index (χ0n) is 10.8. The van der Waals surface area contributed by atoms with Crippen molar-refractivity contribution in [1.82, 2.24) is 4.90 Å². The predicted octanol–water partition coefficient (Wildman–Crippen LogP) is 3.84. The van der Waals surface area contributed by atoms with Gasteiger partial charge in [0.15, 0.2) is 0 Å². The molecule has 2 unspecified atom stereocenters. The van der Waals surface area contributed by atoms with E-state index in [1.54, 1.807) is 0 Å². The van der Waals surface area contributed by atoms with Crippen LogP contribution in [0.25, 0.3) is 0 Å². The molecule has 1 aromatic carbocycles. The quantitative estimate of drug-likeness (QED) is 0.761. The van der Waals surface area contributed by atoms with E-state index in [-0.39, 0.29) is 0 Å². The van der Waals surface area contributed by atoms with Crippen LogP contribution in [0.5, 0.6) is 0 Å². The van der Waals surface area contributed by atoms with Crippen molar-refractivity contribution in [2.75, 3.05) is 0 Å². The monoisotopic (exact) mass is 229 g/mol. The minimum absolute atomic E-state index is 0.874. The molecule has 17 heavy (non-hydrogen) atoms. The third kappa shape index (κ3) is 2.26. The molecule has 0 N–H and O–H groups in total. The zero-order valence-corrected chi connectivity index (χ0v) is 10.8. The van der Waals surface area contributed by atoms with Crippen LogP contribution in [-0.4, -0.2) is 17.0 Å². The van der Waals surface area contributed by atoms with Crippen molar-refractivity contribution in [3.63, 3.8) is 0 Å². The van der Waals surface area contributed by atoms with E-state index in [4.69, 9.17) is 0 Å². The fraction of sp³-hybridized carbons (Fsp3) is 0.625. The van der Waals surface area contributed by atoms with E-state index < -0.39 is 0 Å². The van der Waals surface area contributed by atoms with E-state index in [0.29, 0.717) is 0 Å². The third-order valence-electron chi connectivity index (χ3n) is 4.77. The van der Waals surface area contributed by atoms with E-state index in [1.807, 2.05) is 0 Å². The van der Waals surface area contributed by atoms with E-state index in [0.717, 1.165) is 18.0 Å². The van der Waals surface area contributed by atoms with Crippen LogP contribution in [0.2, 0.25) is 0 Å². The fourth-order valence-corrected chi connectivity index (χ4v) is 3.77. The van der Waals surface area contributed by atoms with Gasteiger partial charge < -0.3 is 0 Å². The summed E-state index contributed by atoms with van der Waals surface area (Å²) in [5, 5.41) is 0. The maximum absolute atomic E-state index is 2.78. The van der Waals surface area contributed by atoms with Crippen LogP contribution < -0.4 is 0 Å². The molecule has 3 rings (SSSR count). The average Bonchev–Trinajstić information content (AvgIpc) is 2.63. The molecule has 2 heterocycles. The third-order valence-corrected chi connectivity index (χ3v) is 4.77. The Balaban J connectivity index is 1.69. The highest BCUT2D eigenvalue weighted by Crippen LogP contribution is 2.40. The second kappa shape index (κ2) is 4.81. The lowest BCUT2D eigenvalue weighted by Crippen LogP contribution is -2.42. The van der Waals surface area contributed by atoms with Crippen LogP contribution in [0, 0.1) is 5.92 Å². The van der Waals surface area contributed by atoms with Crippen molar-refractivity contribution in [3.05, 3.63) is 35.9 Å². The molecule has 2 bridgehead atoms. The lowest BCUT2D eigenvalue weighted by Gasteiger charge is -2.38. The molecular formula is C16H23N. The van der Waals surface area contributed by atoms with Crippen LogP contribution in [0.1, 0.15) is 44.6 Å².